The van der Waals surface area contributed by atoms with Crippen LogP contribution in [0.2, 0.25) is 0 Å². The quantitative estimate of drug-likeness (QED) is 0.123. The smallest absolute Gasteiger partial charge is 0.335 e. The number of aliphatic carboxylic acids is 1. The van der Waals surface area contributed by atoms with E-state index < -0.39 is 11.9 Å². The molecule has 0 bridgehead atoms. The Morgan fingerprint density at radius 1 is 0.825 bits per heavy atom. The number of ether oxygens (including phenoxy) is 2. The summed E-state index contributed by atoms with van der Waals surface area (Å²) < 4.78 is 11.2. The van der Waals surface area contributed by atoms with Gasteiger partial charge in [-0.25, -0.2) is 14.6 Å². The summed E-state index contributed by atoms with van der Waals surface area (Å²) in [6.07, 6.45) is 10.4. The van der Waals surface area contributed by atoms with Crippen molar-refractivity contribution in [3.63, 3.8) is 0 Å². The molecular weight excluding hydrogens is 526 g/mol. The molecule has 0 saturated carbocycles. The molecule has 0 aliphatic rings. The van der Waals surface area contributed by atoms with Gasteiger partial charge in [-0.15, -0.1) is 0 Å². The molecule has 1 aromatic heterocycles. The van der Waals surface area contributed by atoms with Crippen LogP contribution in [0.4, 0.5) is 0 Å². The first-order chi connectivity index (χ1) is 19.4. The number of hydrogen-bond acceptors (Lipinski definition) is 6. The van der Waals surface area contributed by atoms with Crippen molar-refractivity contribution in [3.8, 4) is 11.5 Å². The van der Waals surface area contributed by atoms with E-state index in [2.05, 4.69) is 17.1 Å². The third kappa shape index (κ3) is 11.1. The molecule has 0 radical (unpaired) electrons. The van der Waals surface area contributed by atoms with Gasteiger partial charge in [-0.1, -0.05) is 49.9 Å². The molecule has 3 rings (SSSR count). The van der Waals surface area contributed by atoms with Crippen molar-refractivity contribution in [2.75, 3.05) is 13.7 Å². The molecule has 0 atom stereocenters. The number of unbranched alkanes of at least 4 members (excludes halogenated alkanes) is 5. The van der Waals surface area contributed by atoms with Gasteiger partial charge in [-0.3, -0.25) is 0 Å². The molecule has 40 heavy (non-hydrogen) atoms. The Hall–Kier alpha value is -3.78. The van der Waals surface area contributed by atoms with Crippen LogP contribution >= 0.6 is 11.8 Å². The maximum Gasteiger partial charge on any atom is 0.335 e. The number of rotatable bonds is 18. The summed E-state index contributed by atoms with van der Waals surface area (Å²) in [4.78, 5) is 26.7. The molecule has 0 spiro atoms. The summed E-state index contributed by atoms with van der Waals surface area (Å²) >= 11 is 1.65. The van der Waals surface area contributed by atoms with Gasteiger partial charge in [0.2, 0.25) is 0 Å². The van der Waals surface area contributed by atoms with Gasteiger partial charge in [0.15, 0.2) is 0 Å². The molecule has 0 fully saturated rings. The predicted molar refractivity (Wildman–Crippen MR) is 159 cm³/mol. The zero-order chi connectivity index (χ0) is 28.6. The predicted octanol–water partition coefficient (Wildman–Crippen LogP) is 7.28. The molecule has 7 nitrogen and oxygen atoms in total. The van der Waals surface area contributed by atoms with Crippen molar-refractivity contribution in [3.05, 3.63) is 94.8 Å². The Morgan fingerprint density at radius 2 is 1.50 bits per heavy atom. The topological polar surface area (TPSA) is 106 Å². The monoisotopic (exact) mass is 563 g/mol. The number of aryl methyl sites for hydroxylation is 1. The summed E-state index contributed by atoms with van der Waals surface area (Å²) in [6, 6.07) is 18.8. The van der Waals surface area contributed by atoms with Gasteiger partial charge in [0, 0.05) is 17.6 Å². The number of carboxylic acid groups (broad SMARTS) is 2. The van der Waals surface area contributed by atoms with E-state index in [1.807, 2.05) is 36.4 Å². The lowest BCUT2D eigenvalue weighted by Crippen LogP contribution is -2.02. The van der Waals surface area contributed by atoms with Crippen molar-refractivity contribution in [1.82, 2.24) is 4.98 Å². The van der Waals surface area contributed by atoms with Gasteiger partial charge >= 0.3 is 11.9 Å². The van der Waals surface area contributed by atoms with Crippen LogP contribution in [0.3, 0.4) is 0 Å². The van der Waals surface area contributed by atoms with Crippen molar-refractivity contribution < 1.29 is 29.3 Å². The fourth-order valence-electron chi connectivity index (χ4n) is 4.11. The van der Waals surface area contributed by atoms with Crippen LogP contribution in [0.15, 0.2) is 66.7 Å². The Balaban J connectivity index is 1.38. The highest BCUT2D eigenvalue weighted by molar-refractivity contribution is 7.97. The number of nitrogens with zero attached hydrogens (tertiary/aromatic N) is 1. The number of carboxylic acids is 2. The average molecular weight is 564 g/mol. The summed E-state index contributed by atoms with van der Waals surface area (Å²) in [7, 11) is 1.68. The normalized spacial score (nSPS) is 11.0. The number of aromatic nitrogens is 1. The zero-order valence-electron chi connectivity index (χ0n) is 22.9. The van der Waals surface area contributed by atoms with Crippen LogP contribution in [-0.4, -0.2) is 40.9 Å². The van der Waals surface area contributed by atoms with E-state index in [1.54, 1.807) is 31.0 Å². The highest BCUT2D eigenvalue weighted by Gasteiger charge is 2.07. The third-order valence-electron chi connectivity index (χ3n) is 6.32. The van der Waals surface area contributed by atoms with E-state index in [9.17, 15) is 9.59 Å². The standard InChI is InChI=1S/C32H37NO6S/c1-38-28-16-11-24(12-17-28)8-6-4-2-3-5-7-21-39-30-19-15-27(33-29(30)18-20-31(34)35)23-40-22-25-9-13-26(14-10-25)32(36)37/h9-20H,2-8,21-23H2,1H3,(H,34,35)(H,36,37). The van der Waals surface area contributed by atoms with E-state index in [0.29, 0.717) is 29.6 Å². The number of thioether (sulfide) groups is 1. The molecule has 212 valence electrons. The van der Waals surface area contributed by atoms with Gasteiger partial charge in [-0.2, -0.15) is 11.8 Å². The molecule has 3 aromatic rings. The van der Waals surface area contributed by atoms with E-state index >= 15 is 0 Å². The lowest BCUT2D eigenvalue weighted by Gasteiger charge is -2.11. The minimum Gasteiger partial charge on any atom is -0.497 e. The third-order valence-corrected chi connectivity index (χ3v) is 7.36. The molecule has 1 heterocycles. The minimum absolute atomic E-state index is 0.265. The molecule has 2 N–H and O–H groups in total. The second kappa shape index (κ2) is 17.0. The largest absolute Gasteiger partial charge is 0.497 e. The summed E-state index contributed by atoms with van der Waals surface area (Å²) in [5.74, 6) is 0.832. The van der Waals surface area contributed by atoms with Crippen molar-refractivity contribution >= 4 is 29.8 Å². The fourth-order valence-corrected chi connectivity index (χ4v) is 5.01. The van der Waals surface area contributed by atoms with Gasteiger partial charge < -0.3 is 19.7 Å². The summed E-state index contributed by atoms with van der Waals surface area (Å²) in [6.45, 7) is 0.557. The summed E-state index contributed by atoms with van der Waals surface area (Å²) in [5.41, 5.74) is 3.95. The second-order valence-electron chi connectivity index (χ2n) is 9.42. The molecule has 0 aliphatic carbocycles. The van der Waals surface area contributed by atoms with Crippen LogP contribution in [0, 0.1) is 0 Å². The van der Waals surface area contributed by atoms with Crippen LogP contribution < -0.4 is 9.47 Å². The van der Waals surface area contributed by atoms with Gasteiger partial charge in [0.25, 0.3) is 0 Å². The number of aromatic carboxylic acids is 1. The van der Waals surface area contributed by atoms with Crippen LogP contribution in [0.25, 0.3) is 6.08 Å². The Labute approximate surface area is 240 Å². The number of methoxy groups -OCH3 is 1. The Morgan fingerprint density at radius 3 is 2.17 bits per heavy atom. The highest BCUT2D eigenvalue weighted by atomic mass is 32.2. The molecule has 0 saturated heterocycles. The number of hydrogen-bond donors (Lipinski definition) is 2. The SMILES string of the molecule is COc1ccc(CCCCCCCCOc2ccc(CSCc3ccc(C(=O)O)cc3)nc2C=CC(=O)O)cc1. The second-order valence-corrected chi connectivity index (χ2v) is 10.4. The molecule has 2 aromatic carbocycles. The number of benzene rings is 2. The van der Waals surface area contributed by atoms with Crippen LogP contribution in [0.5, 0.6) is 11.5 Å². The van der Waals surface area contributed by atoms with Crippen LogP contribution in [-0.2, 0) is 22.7 Å². The maximum atomic E-state index is 11.1. The maximum absolute atomic E-state index is 11.1. The van der Waals surface area contributed by atoms with Crippen molar-refractivity contribution in [1.29, 1.82) is 0 Å². The molecule has 0 unspecified atom stereocenters. The molecule has 0 amide bonds. The zero-order valence-corrected chi connectivity index (χ0v) is 23.7. The number of pyridine rings is 1. The lowest BCUT2D eigenvalue weighted by atomic mass is 10.0. The summed E-state index contributed by atoms with van der Waals surface area (Å²) in [5, 5.41) is 18.1. The highest BCUT2D eigenvalue weighted by Crippen LogP contribution is 2.23. The van der Waals surface area contributed by atoms with E-state index in [4.69, 9.17) is 19.7 Å². The van der Waals surface area contributed by atoms with Gasteiger partial charge in [0.1, 0.15) is 17.2 Å². The van der Waals surface area contributed by atoms with Crippen LogP contribution in [0.1, 0.15) is 71.4 Å². The van der Waals surface area contributed by atoms with Gasteiger partial charge in [0.05, 0.1) is 25.0 Å². The van der Waals surface area contributed by atoms with Crippen molar-refractivity contribution in [2.45, 2.75) is 56.5 Å². The average Bonchev–Trinajstić information content (AvgIpc) is 2.96. The molecule has 8 heteroatoms. The van der Waals surface area contributed by atoms with E-state index in [0.717, 1.165) is 48.8 Å². The first-order valence-corrected chi connectivity index (χ1v) is 14.7. The minimum atomic E-state index is -1.04. The first-order valence-electron chi connectivity index (χ1n) is 13.5. The van der Waals surface area contributed by atoms with E-state index in [-0.39, 0.29) is 5.56 Å². The van der Waals surface area contributed by atoms with E-state index in [1.165, 1.54) is 30.9 Å². The molecular formula is C32H37NO6S. The fraction of sp³-hybridized carbons (Fsp3) is 0.344. The first kappa shape index (κ1) is 30.8. The Kier molecular flexibility index (Phi) is 13.1. The number of carbonyl (C=O) groups is 2. The molecule has 0 aliphatic heterocycles. The Bertz CT molecular complexity index is 1240. The van der Waals surface area contributed by atoms with Gasteiger partial charge in [-0.05, 0) is 72.9 Å². The lowest BCUT2D eigenvalue weighted by molar-refractivity contribution is -0.131. The van der Waals surface area contributed by atoms with Crippen molar-refractivity contribution in [2.24, 2.45) is 0 Å².